The molecule has 1 atom stereocenters. The Kier molecular flexibility index (Phi) is 5.01. The summed E-state index contributed by atoms with van der Waals surface area (Å²) in [5, 5.41) is 0. The minimum atomic E-state index is -3.75. The Bertz CT molecular complexity index is 1190. The van der Waals surface area contributed by atoms with Gasteiger partial charge in [0, 0.05) is 33.0 Å². The first-order chi connectivity index (χ1) is 13.8. The maximum atomic E-state index is 13.1. The number of nitrogens with zero attached hydrogens (tertiary/aromatic N) is 4. The molecule has 1 aromatic carbocycles. The van der Waals surface area contributed by atoms with Crippen LogP contribution in [-0.2, 0) is 10.0 Å². The zero-order chi connectivity index (χ0) is 20.6. The van der Waals surface area contributed by atoms with E-state index in [0.29, 0.717) is 42.2 Å². The van der Waals surface area contributed by atoms with E-state index in [0.717, 1.165) is 0 Å². The number of piperidine rings is 1. The lowest BCUT2D eigenvalue weighted by molar-refractivity contribution is 0.125. The van der Waals surface area contributed by atoms with Gasteiger partial charge in [-0.3, -0.25) is 4.98 Å². The quantitative estimate of drug-likeness (QED) is 0.655. The van der Waals surface area contributed by atoms with Gasteiger partial charge in [0.1, 0.15) is 6.10 Å². The van der Waals surface area contributed by atoms with E-state index in [1.54, 1.807) is 17.3 Å². The number of hydrogen-bond donors (Lipinski definition) is 1. The molecule has 0 spiro atoms. The van der Waals surface area contributed by atoms with E-state index in [4.69, 9.17) is 9.15 Å². The van der Waals surface area contributed by atoms with Gasteiger partial charge >= 0.3 is 5.76 Å². The third-order valence-electron chi connectivity index (χ3n) is 4.72. The van der Waals surface area contributed by atoms with Crippen molar-refractivity contribution >= 4 is 26.9 Å². The second-order valence-electron chi connectivity index (χ2n) is 7.00. The van der Waals surface area contributed by atoms with Gasteiger partial charge in [-0.15, -0.1) is 0 Å². The molecule has 154 valence electrons. The van der Waals surface area contributed by atoms with E-state index >= 15 is 0 Å². The van der Waals surface area contributed by atoms with Crippen molar-refractivity contribution in [2.45, 2.75) is 23.8 Å². The first-order valence-corrected chi connectivity index (χ1v) is 10.6. The van der Waals surface area contributed by atoms with Crippen LogP contribution >= 0.6 is 0 Å². The number of aromatic nitrogens is 3. The van der Waals surface area contributed by atoms with Gasteiger partial charge < -0.3 is 14.1 Å². The molecular formula is C18H21N5O5S. The van der Waals surface area contributed by atoms with Crippen molar-refractivity contribution in [2.75, 3.05) is 32.1 Å². The first-order valence-electron chi connectivity index (χ1n) is 9.12. The molecule has 1 aliphatic heterocycles. The summed E-state index contributed by atoms with van der Waals surface area (Å²) in [7, 11) is -0.0764. The normalized spacial score (nSPS) is 18.1. The van der Waals surface area contributed by atoms with Crippen LogP contribution in [0.15, 0.2) is 44.7 Å². The third kappa shape index (κ3) is 3.83. The number of H-pyrrole nitrogens is 1. The van der Waals surface area contributed by atoms with Crippen molar-refractivity contribution in [3.63, 3.8) is 0 Å². The minimum absolute atomic E-state index is 0.0937. The predicted octanol–water partition coefficient (Wildman–Crippen LogP) is 1.21. The number of rotatable bonds is 5. The Morgan fingerprint density at radius 3 is 2.86 bits per heavy atom. The highest BCUT2D eigenvalue weighted by Gasteiger charge is 2.32. The Labute approximate surface area is 167 Å². The first kappa shape index (κ1) is 19.4. The Morgan fingerprint density at radius 2 is 2.07 bits per heavy atom. The van der Waals surface area contributed by atoms with Gasteiger partial charge in [-0.25, -0.2) is 23.2 Å². The summed E-state index contributed by atoms with van der Waals surface area (Å²) in [5.74, 6) is 0.336. The monoisotopic (exact) mass is 419 g/mol. The predicted molar refractivity (Wildman–Crippen MR) is 106 cm³/mol. The summed E-state index contributed by atoms with van der Waals surface area (Å²) >= 11 is 0. The number of fused-ring (bicyclic) bond motifs is 1. The highest BCUT2D eigenvalue weighted by Crippen LogP contribution is 2.27. The number of hydrogen-bond acceptors (Lipinski definition) is 8. The van der Waals surface area contributed by atoms with Gasteiger partial charge in [0.05, 0.1) is 17.0 Å². The summed E-state index contributed by atoms with van der Waals surface area (Å²) < 4.78 is 38.6. The molecule has 1 fully saturated rings. The molecule has 0 bridgehead atoms. The molecule has 3 aromatic rings. The SMILES string of the molecule is CN(C)c1nccnc1OC1CCCN(S(=O)(=O)c2ccc3oc(=O)[nH]c3c2)C1. The summed E-state index contributed by atoms with van der Waals surface area (Å²) in [6.07, 6.45) is 4.15. The highest BCUT2D eigenvalue weighted by atomic mass is 32.2. The molecule has 1 saturated heterocycles. The number of ether oxygens (including phenoxy) is 1. The molecular weight excluding hydrogens is 398 g/mol. The zero-order valence-corrected chi connectivity index (χ0v) is 16.8. The molecule has 0 amide bonds. The van der Waals surface area contributed by atoms with Crippen LogP contribution in [0.1, 0.15) is 12.8 Å². The van der Waals surface area contributed by atoms with E-state index in [2.05, 4.69) is 15.0 Å². The van der Waals surface area contributed by atoms with Crippen molar-refractivity contribution in [3.8, 4) is 5.88 Å². The standard InChI is InChI=1S/C18H21N5O5S/c1-22(2)16-17(20-8-7-19-16)27-12-4-3-9-23(11-12)29(25,26)13-5-6-15-14(10-13)21-18(24)28-15/h5-8,10,12H,3-4,9,11H2,1-2H3,(H,21,24). The fourth-order valence-electron chi connectivity index (χ4n) is 3.33. The van der Waals surface area contributed by atoms with E-state index in [9.17, 15) is 13.2 Å². The van der Waals surface area contributed by atoms with Gasteiger partial charge in [-0.1, -0.05) is 0 Å². The van der Waals surface area contributed by atoms with Crippen molar-refractivity contribution in [1.82, 2.24) is 19.3 Å². The smallest absolute Gasteiger partial charge is 0.417 e. The molecule has 11 heteroatoms. The summed E-state index contributed by atoms with van der Waals surface area (Å²) in [5.41, 5.74) is 0.656. The molecule has 0 saturated carbocycles. The number of aromatic amines is 1. The van der Waals surface area contributed by atoms with Crippen molar-refractivity contribution < 1.29 is 17.6 Å². The van der Waals surface area contributed by atoms with Crippen LogP contribution in [0.25, 0.3) is 11.1 Å². The van der Waals surface area contributed by atoms with E-state index in [1.807, 2.05) is 14.1 Å². The van der Waals surface area contributed by atoms with Gasteiger partial charge in [0.15, 0.2) is 11.4 Å². The van der Waals surface area contributed by atoms with Gasteiger partial charge in [-0.2, -0.15) is 4.31 Å². The fourth-order valence-corrected chi connectivity index (χ4v) is 4.86. The topological polar surface area (TPSA) is 122 Å². The van der Waals surface area contributed by atoms with Crippen LogP contribution in [0, 0.1) is 0 Å². The van der Waals surface area contributed by atoms with Crippen molar-refractivity contribution in [2.24, 2.45) is 0 Å². The number of sulfonamides is 1. The number of nitrogens with one attached hydrogen (secondary N) is 1. The van der Waals surface area contributed by atoms with E-state index in [1.165, 1.54) is 22.5 Å². The van der Waals surface area contributed by atoms with Gasteiger partial charge in [0.2, 0.25) is 10.0 Å². The maximum Gasteiger partial charge on any atom is 0.417 e. The fraction of sp³-hybridized carbons (Fsp3) is 0.389. The van der Waals surface area contributed by atoms with Crippen LogP contribution in [0.2, 0.25) is 0 Å². The van der Waals surface area contributed by atoms with E-state index < -0.39 is 15.8 Å². The average Bonchev–Trinajstić information content (AvgIpc) is 3.07. The Morgan fingerprint density at radius 1 is 1.28 bits per heavy atom. The molecule has 1 N–H and O–H groups in total. The molecule has 3 heterocycles. The van der Waals surface area contributed by atoms with Crippen LogP contribution in [0.3, 0.4) is 0 Å². The van der Waals surface area contributed by atoms with Gasteiger partial charge in [-0.05, 0) is 31.0 Å². The number of benzene rings is 1. The lowest BCUT2D eigenvalue weighted by atomic mass is 10.1. The summed E-state index contributed by atoms with van der Waals surface area (Å²) in [4.78, 5) is 24.2. The minimum Gasteiger partial charge on any atom is -0.470 e. The average molecular weight is 419 g/mol. The molecule has 10 nitrogen and oxygen atoms in total. The van der Waals surface area contributed by atoms with Crippen molar-refractivity contribution in [1.29, 1.82) is 0 Å². The molecule has 1 aliphatic rings. The summed E-state index contributed by atoms with van der Waals surface area (Å²) in [6, 6.07) is 4.32. The zero-order valence-electron chi connectivity index (χ0n) is 16.0. The molecule has 4 rings (SSSR count). The van der Waals surface area contributed by atoms with Crippen LogP contribution in [-0.4, -0.2) is 61.0 Å². The Balaban J connectivity index is 1.56. The highest BCUT2D eigenvalue weighted by molar-refractivity contribution is 7.89. The van der Waals surface area contributed by atoms with Gasteiger partial charge in [0.25, 0.3) is 5.88 Å². The largest absolute Gasteiger partial charge is 0.470 e. The van der Waals surface area contributed by atoms with Crippen LogP contribution in [0.5, 0.6) is 5.88 Å². The molecule has 0 aliphatic carbocycles. The lowest BCUT2D eigenvalue weighted by Gasteiger charge is -2.32. The molecule has 0 radical (unpaired) electrons. The molecule has 29 heavy (non-hydrogen) atoms. The van der Waals surface area contributed by atoms with E-state index in [-0.39, 0.29) is 17.5 Å². The number of oxazole rings is 1. The summed E-state index contributed by atoms with van der Waals surface area (Å²) in [6.45, 7) is 0.592. The van der Waals surface area contributed by atoms with Crippen molar-refractivity contribution in [3.05, 3.63) is 41.1 Å². The second-order valence-corrected chi connectivity index (χ2v) is 8.94. The Hall–Kier alpha value is -2.92. The number of anilines is 1. The maximum absolute atomic E-state index is 13.1. The van der Waals surface area contributed by atoms with Crippen LogP contribution in [0.4, 0.5) is 5.82 Å². The second kappa shape index (κ2) is 7.48. The third-order valence-corrected chi connectivity index (χ3v) is 6.58. The lowest BCUT2D eigenvalue weighted by Crippen LogP contribution is -2.44. The van der Waals surface area contributed by atoms with Crippen LogP contribution < -0.4 is 15.4 Å². The molecule has 2 aromatic heterocycles. The molecule has 1 unspecified atom stereocenters.